The lowest BCUT2D eigenvalue weighted by Crippen LogP contribution is -2.60. The molecule has 3 aliphatic heterocycles. The molecule has 143 valence electrons. The Labute approximate surface area is 151 Å². The molecule has 0 aliphatic carbocycles. The van der Waals surface area contributed by atoms with Crippen molar-refractivity contribution in [3.8, 4) is 0 Å². The van der Waals surface area contributed by atoms with Gasteiger partial charge in [0.05, 0.1) is 6.26 Å². The van der Waals surface area contributed by atoms with Gasteiger partial charge in [0, 0.05) is 38.3 Å². The predicted molar refractivity (Wildman–Crippen MR) is 97.3 cm³/mol. The summed E-state index contributed by atoms with van der Waals surface area (Å²) >= 11 is 0. The first kappa shape index (κ1) is 19.1. The normalized spacial score (nSPS) is 34.5. The number of likely N-dealkylation sites (N-methyl/N-ethyl adjacent to an activating group) is 1. The van der Waals surface area contributed by atoms with E-state index < -0.39 is 15.6 Å². The molecule has 0 saturated carbocycles. The molecule has 0 aromatic rings. The lowest BCUT2D eigenvalue weighted by molar-refractivity contribution is -0.130. The molecule has 2 bridgehead atoms. The number of hydrogen-bond acceptors (Lipinski definition) is 5. The van der Waals surface area contributed by atoms with Crippen molar-refractivity contribution in [1.82, 2.24) is 14.1 Å². The number of fused-ring (bicyclic) bond motifs is 2. The zero-order valence-electron chi connectivity index (χ0n) is 15.4. The van der Waals surface area contributed by atoms with E-state index in [0.29, 0.717) is 19.1 Å². The van der Waals surface area contributed by atoms with Crippen LogP contribution in [0.4, 0.5) is 0 Å². The molecule has 1 amide bonds. The molecule has 0 spiro atoms. The summed E-state index contributed by atoms with van der Waals surface area (Å²) in [7, 11) is -1.06. The van der Waals surface area contributed by atoms with E-state index >= 15 is 0 Å². The minimum atomic E-state index is -3.13. The topological polar surface area (TPSA) is 86.9 Å². The van der Waals surface area contributed by atoms with Crippen LogP contribution in [0.25, 0.3) is 0 Å². The van der Waals surface area contributed by atoms with Gasteiger partial charge in [-0.15, -0.1) is 0 Å². The molecule has 3 atom stereocenters. The number of nitrogens with zero attached hydrogens (tertiary/aromatic N) is 3. The van der Waals surface area contributed by atoms with E-state index in [2.05, 4.69) is 23.3 Å². The first-order chi connectivity index (χ1) is 11.7. The smallest absolute Gasteiger partial charge is 0.237 e. The number of rotatable bonds is 6. The molecule has 8 heteroatoms. The van der Waals surface area contributed by atoms with Crippen molar-refractivity contribution < 1.29 is 13.2 Å². The van der Waals surface area contributed by atoms with Crippen molar-refractivity contribution in [2.75, 3.05) is 39.5 Å². The summed E-state index contributed by atoms with van der Waals surface area (Å²) in [6.07, 6.45) is 9.10. The Balaban J connectivity index is 1.60. The highest BCUT2D eigenvalue weighted by atomic mass is 32.2. The fourth-order valence-electron chi connectivity index (χ4n) is 4.83. The van der Waals surface area contributed by atoms with Crippen molar-refractivity contribution in [2.45, 2.75) is 56.1 Å². The van der Waals surface area contributed by atoms with Crippen LogP contribution >= 0.6 is 0 Å². The second kappa shape index (κ2) is 7.13. The Morgan fingerprint density at radius 3 is 2.84 bits per heavy atom. The summed E-state index contributed by atoms with van der Waals surface area (Å²) in [5.74, 6) is -0.200. The third-order valence-corrected chi connectivity index (χ3v) is 7.68. The summed E-state index contributed by atoms with van der Waals surface area (Å²) < 4.78 is 25.2. The van der Waals surface area contributed by atoms with Gasteiger partial charge >= 0.3 is 0 Å². The van der Waals surface area contributed by atoms with Crippen LogP contribution in [0.1, 0.15) is 38.5 Å². The standard InChI is InChI=1S/C17H31N4O3S/c1-19(15-6-4-10-20(13-15)25(2,23)24)11-12-21-14-5-3-8-17(21,9-7-14)16(18)22/h3,14-15H,4-13H2,1-2H3,(H2,18,22)/t14-,15-,17+/m1/s1. The molecule has 3 fully saturated rings. The van der Waals surface area contributed by atoms with Crippen LogP contribution < -0.4 is 5.73 Å². The highest BCUT2D eigenvalue weighted by molar-refractivity contribution is 7.88. The lowest BCUT2D eigenvalue weighted by atomic mass is 9.87. The van der Waals surface area contributed by atoms with E-state index in [9.17, 15) is 13.2 Å². The molecule has 3 saturated heterocycles. The van der Waals surface area contributed by atoms with Gasteiger partial charge < -0.3 is 10.6 Å². The molecule has 0 unspecified atom stereocenters. The number of nitrogens with two attached hydrogens (primary N) is 1. The number of amides is 1. The average molecular weight is 372 g/mol. The second-order valence-electron chi connectivity index (χ2n) is 7.91. The molecule has 3 aliphatic rings. The van der Waals surface area contributed by atoms with Gasteiger partial charge in [-0.05, 0) is 52.0 Å². The van der Waals surface area contributed by atoms with Gasteiger partial charge in [-0.25, -0.2) is 12.7 Å². The monoisotopic (exact) mass is 371 g/mol. The largest absolute Gasteiger partial charge is 0.368 e. The van der Waals surface area contributed by atoms with Crippen LogP contribution in [0.15, 0.2) is 0 Å². The molecule has 3 rings (SSSR count). The Kier molecular flexibility index (Phi) is 5.44. The van der Waals surface area contributed by atoms with Gasteiger partial charge in [0.1, 0.15) is 5.54 Å². The Morgan fingerprint density at radius 1 is 1.40 bits per heavy atom. The van der Waals surface area contributed by atoms with Crippen molar-refractivity contribution >= 4 is 15.9 Å². The average Bonchev–Trinajstić information content (AvgIpc) is 2.76. The van der Waals surface area contributed by atoms with Crippen LogP contribution in [0.2, 0.25) is 0 Å². The molecule has 0 aromatic carbocycles. The number of piperidine rings is 2. The first-order valence-electron chi connectivity index (χ1n) is 9.28. The fraction of sp³-hybridized carbons (Fsp3) is 0.882. The van der Waals surface area contributed by atoms with Crippen LogP contribution in [0, 0.1) is 6.42 Å². The number of carbonyl (C=O) groups excluding carboxylic acids is 1. The quantitative estimate of drug-likeness (QED) is 0.712. The van der Waals surface area contributed by atoms with Gasteiger partial charge in [-0.3, -0.25) is 9.69 Å². The van der Waals surface area contributed by atoms with E-state index in [1.807, 2.05) is 0 Å². The molecule has 25 heavy (non-hydrogen) atoms. The third-order valence-electron chi connectivity index (χ3n) is 6.41. The molecular weight excluding hydrogens is 340 g/mol. The molecule has 2 N–H and O–H groups in total. The maximum absolute atomic E-state index is 12.1. The second-order valence-corrected chi connectivity index (χ2v) is 9.89. The molecule has 3 heterocycles. The van der Waals surface area contributed by atoms with Crippen molar-refractivity contribution in [2.24, 2.45) is 5.73 Å². The van der Waals surface area contributed by atoms with Crippen molar-refractivity contribution in [1.29, 1.82) is 0 Å². The predicted octanol–water partition coefficient (Wildman–Crippen LogP) is 0.0288. The number of sulfonamides is 1. The third kappa shape index (κ3) is 3.72. The van der Waals surface area contributed by atoms with Gasteiger partial charge in [-0.1, -0.05) is 0 Å². The summed E-state index contributed by atoms with van der Waals surface area (Å²) in [6, 6.07) is 0.663. The Morgan fingerprint density at radius 2 is 2.16 bits per heavy atom. The Hall–Kier alpha value is -0.700. The fourth-order valence-corrected chi connectivity index (χ4v) is 5.73. The minimum absolute atomic E-state index is 0.200. The lowest BCUT2D eigenvalue weighted by Gasteiger charge is -2.44. The highest BCUT2D eigenvalue weighted by Gasteiger charge is 2.52. The van der Waals surface area contributed by atoms with E-state index in [0.717, 1.165) is 51.6 Å². The first-order valence-corrected chi connectivity index (χ1v) is 11.1. The summed E-state index contributed by atoms with van der Waals surface area (Å²) in [6.45, 7) is 2.83. The maximum Gasteiger partial charge on any atom is 0.237 e. The van der Waals surface area contributed by atoms with Crippen LogP contribution in [-0.4, -0.2) is 85.5 Å². The van der Waals surface area contributed by atoms with Crippen molar-refractivity contribution in [3.63, 3.8) is 0 Å². The van der Waals surface area contributed by atoms with E-state index in [1.165, 1.54) is 6.26 Å². The van der Waals surface area contributed by atoms with Gasteiger partial charge in [0.15, 0.2) is 0 Å². The maximum atomic E-state index is 12.1. The summed E-state index contributed by atoms with van der Waals surface area (Å²) in [5, 5.41) is 0. The van der Waals surface area contributed by atoms with Crippen LogP contribution in [-0.2, 0) is 14.8 Å². The summed E-state index contributed by atoms with van der Waals surface area (Å²) in [4.78, 5) is 16.7. The number of hydrogen-bond donors (Lipinski definition) is 1. The molecule has 0 aromatic heterocycles. The van der Waals surface area contributed by atoms with E-state index in [-0.39, 0.29) is 11.9 Å². The molecular formula is C17H31N4O3S. The highest BCUT2D eigenvalue weighted by Crippen LogP contribution is 2.43. The van der Waals surface area contributed by atoms with Crippen LogP contribution in [0.5, 0.6) is 0 Å². The van der Waals surface area contributed by atoms with Crippen molar-refractivity contribution in [3.05, 3.63) is 6.42 Å². The zero-order valence-corrected chi connectivity index (χ0v) is 16.2. The van der Waals surface area contributed by atoms with E-state index in [4.69, 9.17) is 5.73 Å². The Bertz CT molecular complexity index is 607. The zero-order chi connectivity index (χ0) is 18.2. The minimum Gasteiger partial charge on any atom is -0.368 e. The SMILES string of the molecule is CN(CCN1[C@@H]2C[CH]C[C@@]1(C(N)=O)CC2)[C@@H]1CCCN(S(C)(=O)=O)C1. The van der Waals surface area contributed by atoms with E-state index in [1.54, 1.807) is 4.31 Å². The van der Waals surface area contributed by atoms with Crippen LogP contribution in [0.3, 0.4) is 0 Å². The number of primary amides is 1. The molecule has 7 nitrogen and oxygen atoms in total. The van der Waals surface area contributed by atoms with Gasteiger partial charge in [0.25, 0.3) is 0 Å². The summed E-state index contributed by atoms with van der Waals surface area (Å²) in [5.41, 5.74) is 5.27. The molecule has 1 radical (unpaired) electrons. The van der Waals surface area contributed by atoms with Gasteiger partial charge in [0.2, 0.25) is 15.9 Å². The number of carbonyl (C=O) groups is 1. The van der Waals surface area contributed by atoms with Gasteiger partial charge in [-0.2, -0.15) is 0 Å².